The zero-order valence-corrected chi connectivity index (χ0v) is 23.8. The number of carbonyl (C=O) groups is 5. The van der Waals surface area contributed by atoms with Crippen molar-refractivity contribution >= 4 is 46.9 Å². The fourth-order valence-corrected chi connectivity index (χ4v) is 6.40. The molecule has 3 aromatic rings. The molecule has 12 heteroatoms. The van der Waals surface area contributed by atoms with Crippen molar-refractivity contribution in [2.75, 3.05) is 24.3 Å². The summed E-state index contributed by atoms with van der Waals surface area (Å²) in [7, 11) is 4.82. The van der Waals surface area contributed by atoms with Gasteiger partial charge in [-0.3, -0.25) is 19.2 Å². The standard InChI is InChI=1S/C30H30N6O6/c1-15-25(29(41)42-5)26-27(31-15)22(38)10-23-30(26)11-17(30)12-36(23)24(39)7-6-20-8-18(13-34(20)3)33-28(40)21-9-19(14-35(21)4)32-16(2)37/h6-10,13-14,17,31H,11-12H2,1-5H3,(H,32,37)(H,33,40)/b7-6+. The van der Waals surface area contributed by atoms with E-state index in [1.54, 1.807) is 65.7 Å². The second kappa shape index (κ2) is 9.47. The Bertz CT molecular complexity index is 1780. The number of esters is 1. The normalized spacial score (nSPS) is 20.1. The first-order chi connectivity index (χ1) is 19.9. The zero-order valence-electron chi connectivity index (χ0n) is 23.8. The molecule has 1 saturated carbocycles. The molecule has 1 spiro atoms. The fraction of sp³-hybridized carbons (Fsp3) is 0.300. The van der Waals surface area contributed by atoms with Gasteiger partial charge in [0.25, 0.3) is 11.8 Å². The van der Waals surface area contributed by atoms with Gasteiger partial charge in [-0.2, -0.15) is 0 Å². The lowest BCUT2D eigenvalue weighted by molar-refractivity contribution is -0.124. The van der Waals surface area contributed by atoms with E-state index in [2.05, 4.69) is 15.6 Å². The third kappa shape index (κ3) is 4.09. The van der Waals surface area contributed by atoms with Crippen molar-refractivity contribution in [3.8, 4) is 0 Å². The Morgan fingerprint density at radius 3 is 2.52 bits per heavy atom. The first kappa shape index (κ1) is 27.1. The molecule has 6 rings (SSSR count). The number of carbonyl (C=O) groups excluding carboxylic acids is 5. The van der Waals surface area contributed by atoms with Crippen molar-refractivity contribution in [3.63, 3.8) is 0 Å². The summed E-state index contributed by atoms with van der Waals surface area (Å²) in [5.41, 5.74) is 4.13. The van der Waals surface area contributed by atoms with Crippen molar-refractivity contribution in [1.82, 2.24) is 19.0 Å². The molecule has 2 unspecified atom stereocenters. The summed E-state index contributed by atoms with van der Waals surface area (Å²) < 4.78 is 8.40. The highest BCUT2D eigenvalue weighted by Gasteiger charge is 2.68. The number of anilines is 2. The number of hydrogen-bond acceptors (Lipinski definition) is 6. The summed E-state index contributed by atoms with van der Waals surface area (Å²) in [5, 5.41) is 5.50. The van der Waals surface area contributed by atoms with Crippen LogP contribution >= 0.6 is 0 Å². The minimum Gasteiger partial charge on any atom is -0.465 e. The molecular formula is C30H30N6O6. The van der Waals surface area contributed by atoms with Crippen molar-refractivity contribution in [2.24, 2.45) is 20.0 Å². The van der Waals surface area contributed by atoms with Crippen LogP contribution in [0.5, 0.6) is 0 Å². The lowest BCUT2D eigenvalue weighted by Gasteiger charge is -2.27. The number of H-pyrrole nitrogens is 1. The van der Waals surface area contributed by atoms with E-state index < -0.39 is 11.4 Å². The fourth-order valence-electron chi connectivity index (χ4n) is 6.40. The highest BCUT2D eigenvalue weighted by Crippen LogP contribution is 2.67. The maximum absolute atomic E-state index is 13.4. The van der Waals surface area contributed by atoms with E-state index >= 15 is 0 Å². The van der Waals surface area contributed by atoms with E-state index in [9.17, 15) is 24.0 Å². The van der Waals surface area contributed by atoms with Crippen LogP contribution in [-0.2, 0) is 33.8 Å². The van der Waals surface area contributed by atoms with Crippen LogP contribution in [0.1, 0.15) is 61.6 Å². The summed E-state index contributed by atoms with van der Waals surface area (Å²) in [5.74, 6) is -1.54. The van der Waals surface area contributed by atoms with Gasteiger partial charge in [-0.05, 0) is 37.5 Å². The molecule has 1 saturated heterocycles. The quantitative estimate of drug-likeness (QED) is 0.307. The number of amides is 3. The Hall–Kier alpha value is -5.13. The van der Waals surface area contributed by atoms with Crippen LogP contribution in [0, 0.1) is 12.8 Å². The van der Waals surface area contributed by atoms with Crippen LogP contribution in [-0.4, -0.2) is 62.1 Å². The Kier molecular flexibility index (Phi) is 6.10. The van der Waals surface area contributed by atoms with Crippen LogP contribution in [0.15, 0.2) is 42.4 Å². The molecule has 0 aromatic carbocycles. The van der Waals surface area contributed by atoms with E-state index in [1.165, 1.54) is 26.2 Å². The molecule has 3 aromatic heterocycles. The van der Waals surface area contributed by atoms with E-state index in [0.717, 1.165) is 6.42 Å². The molecule has 42 heavy (non-hydrogen) atoms. The number of ether oxygens (including phenoxy) is 1. The number of aromatic amines is 1. The molecule has 3 N–H and O–H groups in total. The lowest BCUT2D eigenvalue weighted by Crippen LogP contribution is -2.33. The molecule has 0 bridgehead atoms. The van der Waals surface area contributed by atoms with Gasteiger partial charge in [0.2, 0.25) is 11.7 Å². The SMILES string of the molecule is COC(=O)c1c(C)[nH]c2c1C13CC1CN(C(=O)/C=C/c1cc(NC(=O)c4cc(NC(C)=O)cn4C)cn1C)C3=CC2=O. The number of aryl methyl sites for hydroxylation is 3. The molecule has 216 valence electrons. The predicted molar refractivity (Wildman–Crippen MR) is 153 cm³/mol. The average molecular weight is 571 g/mol. The molecular weight excluding hydrogens is 540 g/mol. The van der Waals surface area contributed by atoms with Gasteiger partial charge in [-0.15, -0.1) is 0 Å². The number of methoxy groups -OCH3 is 1. The van der Waals surface area contributed by atoms with Gasteiger partial charge in [0.1, 0.15) is 5.69 Å². The smallest absolute Gasteiger partial charge is 0.340 e. The van der Waals surface area contributed by atoms with E-state index in [-0.39, 0.29) is 29.4 Å². The Morgan fingerprint density at radius 1 is 1.10 bits per heavy atom. The molecule has 1 aliphatic heterocycles. The summed E-state index contributed by atoms with van der Waals surface area (Å²) in [6.45, 7) is 3.58. The van der Waals surface area contributed by atoms with Crippen molar-refractivity contribution in [1.29, 1.82) is 0 Å². The number of ketones is 1. The molecule has 12 nitrogen and oxygen atoms in total. The van der Waals surface area contributed by atoms with Gasteiger partial charge in [0, 0.05) is 80.2 Å². The van der Waals surface area contributed by atoms with Crippen LogP contribution in [0.3, 0.4) is 0 Å². The van der Waals surface area contributed by atoms with Gasteiger partial charge in [-0.1, -0.05) is 0 Å². The minimum absolute atomic E-state index is 0.104. The first-order valence-electron chi connectivity index (χ1n) is 13.4. The van der Waals surface area contributed by atoms with E-state index in [0.29, 0.717) is 57.5 Å². The van der Waals surface area contributed by atoms with Gasteiger partial charge >= 0.3 is 5.97 Å². The summed E-state index contributed by atoms with van der Waals surface area (Å²) in [6, 6.07) is 3.33. The molecule has 3 amide bonds. The van der Waals surface area contributed by atoms with Crippen molar-refractivity contribution < 1.29 is 28.7 Å². The number of rotatable bonds is 6. The van der Waals surface area contributed by atoms with Crippen LogP contribution < -0.4 is 10.6 Å². The van der Waals surface area contributed by atoms with Gasteiger partial charge < -0.3 is 34.4 Å². The number of hydrogen-bond donors (Lipinski definition) is 3. The maximum atomic E-state index is 13.4. The van der Waals surface area contributed by atoms with Crippen molar-refractivity contribution in [3.05, 3.63) is 76.3 Å². The molecule has 3 aliphatic rings. The topological polar surface area (TPSA) is 148 Å². The van der Waals surface area contributed by atoms with Gasteiger partial charge in [0.05, 0.1) is 29.7 Å². The van der Waals surface area contributed by atoms with E-state index in [4.69, 9.17) is 4.74 Å². The number of allylic oxidation sites excluding steroid dienone is 2. The summed E-state index contributed by atoms with van der Waals surface area (Å²) in [6.07, 6.45) is 8.74. The summed E-state index contributed by atoms with van der Waals surface area (Å²) >= 11 is 0. The number of fused-ring (bicyclic) bond motifs is 1. The first-order valence-corrected chi connectivity index (χ1v) is 13.4. The molecule has 2 fully saturated rings. The third-order valence-electron chi connectivity index (χ3n) is 8.32. The largest absolute Gasteiger partial charge is 0.465 e. The predicted octanol–water partition coefficient (Wildman–Crippen LogP) is 2.89. The van der Waals surface area contributed by atoms with Crippen molar-refractivity contribution in [2.45, 2.75) is 25.7 Å². The lowest BCUT2D eigenvalue weighted by atomic mass is 9.82. The van der Waals surface area contributed by atoms with Crippen LogP contribution in [0.4, 0.5) is 11.4 Å². The maximum Gasteiger partial charge on any atom is 0.340 e. The zero-order chi connectivity index (χ0) is 30.1. The number of likely N-dealkylation sites (tertiary alicyclic amines) is 1. The second-order valence-corrected chi connectivity index (χ2v) is 11.0. The number of nitrogens with one attached hydrogen (secondary N) is 3. The summed E-state index contributed by atoms with van der Waals surface area (Å²) in [4.78, 5) is 68.0. The highest BCUT2D eigenvalue weighted by molar-refractivity contribution is 6.11. The van der Waals surface area contributed by atoms with Crippen LogP contribution in [0.25, 0.3) is 6.08 Å². The van der Waals surface area contributed by atoms with Gasteiger partial charge in [-0.25, -0.2) is 4.79 Å². The van der Waals surface area contributed by atoms with Crippen LogP contribution in [0.2, 0.25) is 0 Å². The number of nitrogens with zero attached hydrogens (tertiary/aromatic N) is 3. The number of aromatic nitrogens is 3. The Morgan fingerprint density at radius 2 is 1.81 bits per heavy atom. The molecule has 2 atom stereocenters. The van der Waals surface area contributed by atoms with Gasteiger partial charge in [0.15, 0.2) is 0 Å². The monoisotopic (exact) mass is 570 g/mol. The Balaban J connectivity index is 1.19. The molecule has 0 radical (unpaired) electrons. The molecule has 2 aliphatic carbocycles. The van der Waals surface area contributed by atoms with E-state index in [1.807, 2.05) is 0 Å². The minimum atomic E-state index is -0.555. The Labute approximate surface area is 241 Å². The second-order valence-electron chi connectivity index (χ2n) is 11.0. The third-order valence-corrected chi connectivity index (χ3v) is 8.32. The molecule has 4 heterocycles. The number of piperidine rings is 1. The average Bonchev–Trinajstić information content (AvgIpc) is 3.23. The highest BCUT2D eigenvalue weighted by atomic mass is 16.5.